The molecule has 1 aromatic rings. The summed E-state index contributed by atoms with van der Waals surface area (Å²) in [6.07, 6.45) is 3.56. The van der Waals surface area contributed by atoms with Crippen molar-refractivity contribution in [3.05, 3.63) is 35.9 Å². The number of hydrogen-bond acceptors (Lipinski definition) is 3. The van der Waals surface area contributed by atoms with E-state index in [1.807, 2.05) is 18.2 Å². The summed E-state index contributed by atoms with van der Waals surface area (Å²) in [5.74, 6) is -0.969. The van der Waals surface area contributed by atoms with Crippen molar-refractivity contribution in [3.8, 4) is 0 Å². The lowest BCUT2D eigenvalue weighted by Crippen LogP contribution is -2.60. The largest absolute Gasteiger partial charge is 0.481 e. The Kier molecular flexibility index (Phi) is 4.63. The van der Waals surface area contributed by atoms with Gasteiger partial charge in [-0.05, 0) is 18.6 Å². The maximum atomic E-state index is 12.4. The van der Waals surface area contributed by atoms with Crippen LogP contribution in [-0.4, -0.2) is 53.8 Å². The van der Waals surface area contributed by atoms with E-state index in [9.17, 15) is 9.59 Å². The molecule has 2 aliphatic rings. The van der Waals surface area contributed by atoms with Crippen LogP contribution in [0, 0.1) is 5.92 Å². The van der Waals surface area contributed by atoms with Gasteiger partial charge in [0.25, 0.3) is 0 Å². The van der Waals surface area contributed by atoms with Crippen LogP contribution < -0.4 is 0 Å². The number of carboxylic acids is 1. The Morgan fingerprint density at radius 2 is 1.92 bits per heavy atom. The molecule has 2 fully saturated rings. The van der Waals surface area contributed by atoms with Crippen LogP contribution in [0.25, 0.3) is 0 Å². The topological polar surface area (TPSA) is 63.6 Å². The highest BCUT2D eigenvalue weighted by Gasteiger charge is 2.55. The second kappa shape index (κ2) is 6.55. The van der Waals surface area contributed by atoms with Crippen LogP contribution >= 0.6 is 0 Å². The molecule has 2 aliphatic heterocycles. The number of carboxylic acid groups (broad SMARTS) is 1. The van der Waals surface area contributed by atoms with Gasteiger partial charge in [-0.3, -0.25) is 4.79 Å². The van der Waals surface area contributed by atoms with Crippen molar-refractivity contribution in [2.75, 3.05) is 14.1 Å². The molecular weight excluding hydrogens is 306 g/mol. The van der Waals surface area contributed by atoms with Crippen LogP contribution in [-0.2, 0) is 9.53 Å². The average molecular weight is 332 g/mol. The molecule has 0 radical (unpaired) electrons. The molecule has 1 N–H and O–H groups in total. The molecule has 2 saturated heterocycles. The van der Waals surface area contributed by atoms with Crippen LogP contribution in [0.3, 0.4) is 0 Å². The third kappa shape index (κ3) is 3.18. The van der Waals surface area contributed by atoms with Gasteiger partial charge in [0, 0.05) is 31.6 Å². The number of nitrogens with zero attached hydrogens (tertiary/aromatic N) is 1. The number of carbonyl (C=O) groups is 2. The number of hydrogen-bond donors (Lipinski definition) is 1. The summed E-state index contributed by atoms with van der Waals surface area (Å²) in [5, 5.41) is 9.08. The van der Waals surface area contributed by atoms with Crippen LogP contribution in [0.4, 0.5) is 0 Å². The minimum Gasteiger partial charge on any atom is -0.481 e. The molecular formula is C19H26NO4+. The second-order valence-electron chi connectivity index (χ2n) is 7.57. The first-order valence-electron chi connectivity index (χ1n) is 8.70. The Labute approximate surface area is 142 Å². The van der Waals surface area contributed by atoms with Gasteiger partial charge in [0.1, 0.15) is 6.10 Å². The fraction of sp³-hybridized carbons (Fsp3) is 0.579. The maximum Gasteiger partial charge on any atom is 0.338 e. The summed E-state index contributed by atoms with van der Waals surface area (Å²) in [5.41, 5.74) is 0.557. The van der Waals surface area contributed by atoms with E-state index in [2.05, 4.69) is 14.1 Å². The molecule has 2 bridgehead atoms. The first-order valence-corrected chi connectivity index (χ1v) is 8.70. The summed E-state index contributed by atoms with van der Waals surface area (Å²) in [7, 11) is 4.46. The SMILES string of the molecule is C[N+]1(C)C2CCC1C(CCC(=O)O)C(OC(=O)c1ccccc1)C2. The number of esters is 1. The number of ether oxygens (including phenoxy) is 1. The van der Waals surface area contributed by atoms with Crippen LogP contribution in [0.15, 0.2) is 30.3 Å². The molecule has 0 aromatic heterocycles. The third-order valence-electron chi connectivity index (χ3n) is 6.03. The van der Waals surface area contributed by atoms with Gasteiger partial charge in [-0.1, -0.05) is 18.2 Å². The van der Waals surface area contributed by atoms with Crippen molar-refractivity contribution >= 4 is 11.9 Å². The molecule has 1 aromatic carbocycles. The lowest BCUT2D eigenvalue weighted by atomic mass is 9.82. The monoisotopic (exact) mass is 332 g/mol. The van der Waals surface area contributed by atoms with Gasteiger partial charge in [0.05, 0.1) is 31.7 Å². The zero-order valence-electron chi connectivity index (χ0n) is 14.4. The number of rotatable bonds is 5. The van der Waals surface area contributed by atoms with E-state index in [1.165, 1.54) is 0 Å². The van der Waals surface area contributed by atoms with Crippen LogP contribution in [0.5, 0.6) is 0 Å². The highest BCUT2D eigenvalue weighted by atomic mass is 16.5. The van der Waals surface area contributed by atoms with Crippen molar-refractivity contribution < 1.29 is 23.9 Å². The molecule has 3 rings (SSSR count). The lowest BCUT2D eigenvalue weighted by Gasteiger charge is -2.48. The molecule has 0 aliphatic carbocycles. The van der Waals surface area contributed by atoms with E-state index in [4.69, 9.17) is 9.84 Å². The molecule has 2 heterocycles. The summed E-state index contributed by atoms with van der Waals surface area (Å²) in [4.78, 5) is 23.5. The molecule has 24 heavy (non-hydrogen) atoms. The number of fused-ring (bicyclic) bond motifs is 2. The Balaban J connectivity index is 1.77. The third-order valence-corrected chi connectivity index (χ3v) is 6.03. The molecule has 4 unspecified atom stereocenters. The van der Waals surface area contributed by atoms with Crippen molar-refractivity contribution in [2.24, 2.45) is 5.92 Å². The average Bonchev–Trinajstić information content (AvgIpc) is 2.72. The number of aliphatic carboxylic acids is 1. The lowest BCUT2D eigenvalue weighted by molar-refractivity contribution is -0.935. The Bertz CT molecular complexity index is 613. The zero-order valence-corrected chi connectivity index (χ0v) is 14.4. The maximum absolute atomic E-state index is 12.4. The van der Waals surface area contributed by atoms with Gasteiger partial charge in [-0.2, -0.15) is 0 Å². The van der Waals surface area contributed by atoms with Gasteiger partial charge in [-0.25, -0.2) is 4.79 Å². The van der Waals surface area contributed by atoms with Crippen molar-refractivity contribution in [1.82, 2.24) is 0 Å². The van der Waals surface area contributed by atoms with Gasteiger partial charge >= 0.3 is 11.9 Å². The Morgan fingerprint density at radius 1 is 1.21 bits per heavy atom. The van der Waals surface area contributed by atoms with E-state index in [0.29, 0.717) is 24.1 Å². The quantitative estimate of drug-likeness (QED) is 0.665. The highest BCUT2D eigenvalue weighted by molar-refractivity contribution is 5.89. The number of carbonyl (C=O) groups excluding carboxylic acids is 1. The molecule has 130 valence electrons. The van der Waals surface area contributed by atoms with E-state index < -0.39 is 5.97 Å². The first kappa shape index (κ1) is 17.0. The first-order chi connectivity index (χ1) is 11.4. The van der Waals surface area contributed by atoms with Crippen molar-refractivity contribution in [3.63, 3.8) is 0 Å². The fourth-order valence-corrected chi connectivity index (χ4v) is 4.67. The standard InChI is InChI=1S/C19H25NO4/c1-20(2)14-8-10-16(20)15(9-11-18(21)22)17(12-14)24-19(23)13-6-4-3-5-7-13/h3-7,14-17H,8-12H2,1-2H3/p+1. The normalized spacial score (nSPS) is 30.8. The zero-order chi connectivity index (χ0) is 17.3. The van der Waals surface area contributed by atoms with E-state index in [1.54, 1.807) is 12.1 Å². The minimum atomic E-state index is -0.784. The van der Waals surface area contributed by atoms with Gasteiger partial charge in [-0.15, -0.1) is 0 Å². The van der Waals surface area contributed by atoms with Crippen LogP contribution in [0.1, 0.15) is 42.5 Å². The molecule has 0 spiro atoms. The highest BCUT2D eigenvalue weighted by Crippen LogP contribution is 2.45. The van der Waals surface area contributed by atoms with E-state index in [-0.39, 0.29) is 24.4 Å². The molecule has 5 heteroatoms. The van der Waals surface area contributed by atoms with E-state index in [0.717, 1.165) is 23.7 Å². The molecule has 5 nitrogen and oxygen atoms in total. The Hall–Kier alpha value is -1.88. The summed E-state index contributed by atoms with van der Waals surface area (Å²) in [6, 6.07) is 9.89. The smallest absolute Gasteiger partial charge is 0.338 e. The van der Waals surface area contributed by atoms with E-state index >= 15 is 0 Å². The predicted octanol–water partition coefficient (Wildman–Crippen LogP) is 2.70. The molecule has 0 saturated carbocycles. The fourth-order valence-electron chi connectivity index (χ4n) is 4.67. The van der Waals surface area contributed by atoms with Crippen molar-refractivity contribution in [1.29, 1.82) is 0 Å². The molecule has 0 amide bonds. The number of quaternary nitrogens is 1. The minimum absolute atomic E-state index is 0.113. The summed E-state index contributed by atoms with van der Waals surface area (Å²) in [6.45, 7) is 0. The molecule has 4 atom stereocenters. The second-order valence-corrected chi connectivity index (χ2v) is 7.57. The number of piperidine rings is 1. The van der Waals surface area contributed by atoms with Crippen LogP contribution in [0.2, 0.25) is 0 Å². The predicted molar refractivity (Wildman–Crippen MR) is 89.5 cm³/mol. The summed E-state index contributed by atoms with van der Waals surface area (Å²) >= 11 is 0. The van der Waals surface area contributed by atoms with Crippen molar-refractivity contribution in [2.45, 2.75) is 50.3 Å². The summed E-state index contributed by atoms with van der Waals surface area (Å²) < 4.78 is 6.77. The van der Waals surface area contributed by atoms with Gasteiger partial charge in [0.15, 0.2) is 0 Å². The Morgan fingerprint density at radius 3 is 2.58 bits per heavy atom. The van der Waals surface area contributed by atoms with Gasteiger partial charge in [0.2, 0.25) is 0 Å². The number of benzene rings is 1. The van der Waals surface area contributed by atoms with Gasteiger partial charge < -0.3 is 14.3 Å².